The van der Waals surface area contributed by atoms with Gasteiger partial charge in [0.25, 0.3) is 0 Å². The Labute approximate surface area is 218 Å². The molecule has 0 radical (unpaired) electrons. The molecule has 4 aromatic rings. The second-order valence-corrected chi connectivity index (χ2v) is 7.91. The Morgan fingerprint density at radius 2 is 1.92 bits per heavy atom. The van der Waals surface area contributed by atoms with Gasteiger partial charge < -0.3 is 24.1 Å². The van der Waals surface area contributed by atoms with Crippen molar-refractivity contribution in [3.8, 4) is 40.7 Å². The second-order valence-electron chi connectivity index (χ2n) is 7.91. The van der Waals surface area contributed by atoms with Gasteiger partial charge in [0, 0.05) is 36.0 Å². The Balaban J connectivity index is 1.52. The molecule has 0 aliphatic carbocycles. The Morgan fingerprint density at radius 1 is 1.11 bits per heavy atom. The minimum absolute atomic E-state index is 0.251. The van der Waals surface area contributed by atoms with Crippen molar-refractivity contribution >= 4 is 22.7 Å². The zero-order chi connectivity index (χ0) is 27.1. The van der Waals surface area contributed by atoms with Crippen LogP contribution in [0.2, 0.25) is 0 Å². The van der Waals surface area contributed by atoms with E-state index in [4.69, 9.17) is 14.2 Å². The number of fused-ring (bicyclic) bond motifs is 1. The molecule has 10 heteroatoms. The summed E-state index contributed by atoms with van der Waals surface area (Å²) in [5, 5.41) is 13.3. The number of anilines is 1. The molecular weight excluding hydrogens is 489 g/mol. The van der Waals surface area contributed by atoms with Crippen LogP contribution < -0.4 is 14.8 Å². The monoisotopic (exact) mass is 513 g/mol. The van der Waals surface area contributed by atoms with E-state index in [0.717, 1.165) is 5.56 Å². The molecule has 2 aromatic heterocycles. The largest absolute Gasteiger partial charge is 0.496 e. The maximum atomic E-state index is 14.6. The molecule has 0 amide bonds. The summed E-state index contributed by atoms with van der Waals surface area (Å²) in [6.07, 6.45) is 1.43. The number of hydrogen-bond donors (Lipinski definition) is 1. The number of esters is 1. The molecule has 1 N–H and O–H groups in total. The SMILES string of the molecule is CCOC(=O)C#Cc1ccc(-c2cc(NCCn3c(C#N)cc4c(OC)ccc(F)c43)ncn2)cc1OC. The van der Waals surface area contributed by atoms with Gasteiger partial charge in [-0.2, -0.15) is 5.26 Å². The first-order chi connectivity index (χ1) is 18.5. The van der Waals surface area contributed by atoms with Crippen LogP contribution in [-0.4, -0.2) is 47.9 Å². The molecule has 0 saturated heterocycles. The van der Waals surface area contributed by atoms with Crippen LogP contribution in [-0.2, 0) is 16.1 Å². The van der Waals surface area contributed by atoms with E-state index in [1.165, 1.54) is 26.6 Å². The lowest BCUT2D eigenvalue weighted by Crippen LogP contribution is -2.13. The highest BCUT2D eigenvalue weighted by atomic mass is 19.1. The summed E-state index contributed by atoms with van der Waals surface area (Å²) in [6, 6.07) is 13.7. The minimum atomic E-state index is -0.609. The van der Waals surface area contributed by atoms with Crippen molar-refractivity contribution in [2.45, 2.75) is 13.5 Å². The molecule has 38 heavy (non-hydrogen) atoms. The molecule has 0 atom stereocenters. The van der Waals surface area contributed by atoms with Crippen LogP contribution in [0.1, 0.15) is 18.2 Å². The van der Waals surface area contributed by atoms with Gasteiger partial charge >= 0.3 is 5.97 Å². The number of aromatic nitrogens is 3. The number of nitrogens with zero attached hydrogens (tertiary/aromatic N) is 4. The van der Waals surface area contributed by atoms with E-state index in [1.807, 2.05) is 6.07 Å². The molecule has 2 aromatic carbocycles. The Hall–Kier alpha value is -5.09. The number of carbonyl (C=O) groups is 1. The molecule has 0 saturated carbocycles. The highest BCUT2D eigenvalue weighted by Gasteiger charge is 2.16. The normalized spacial score (nSPS) is 10.3. The lowest BCUT2D eigenvalue weighted by atomic mass is 10.1. The number of hydrogen-bond acceptors (Lipinski definition) is 8. The minimum Gasteiger partial charge on any atom is -0.496 e. The van der Waals surface area contributed by atoms with Gasteiger partial charge in [-0.15, -0.1) is 0 Å². The standard InChI is InChI=1S/C28H24FN5O4/c1-4-38-27(35)10-7-18-5-6-19(13-25(18)37-3)23-15-26(33-17-32-23)31-11-12-34-20(16-30)14-21-24(36-2)9-8-22(29)28(21)34/h5-6,8-9,13-15,17H,4,11-12H2,1-3H3,(H,31,32,33). The van der Waals surface area contributed by atoms with Gasteiger partial charge in [0.1, 0.15) is 41.2 Å². The molecule has 4 rings (SSSR count). The third-order valence-corrected chi connectivity index (χ3v) is 5.68. The Morgan fingerprint density at radius 3 is 2.66 bits per heavy atom. The van der Waals surface area contributed by atoms with E-state index in [0.29, 0.717) is 58.3 Å². The van der Waals surface area contributed by atoms with Crippen LogP contribution in [0.5, 0.6) is 11.5 Å². The van der Waals surface area contributed by atoms with Crippen molar-refractivity contribution in [3.63, 3.8) is 0 Å². The smallest absolute Gasteiger partial charge is 0.384 e. The van der Waals surface area contributed by atoms with Crippen molar-refractivity contribution in [2.24, 2.45) is 0 Å². The fourth-order valence-electron chi connectivity index (χ4n) is 3.96. The highest BCUT2D eigenvalue weighted by Crippen LogP contribution is 2.31. The quantitative estimate of drug-likeness (QED) is 0.276. The van der Waals surface area contributed by atoms with E-state index >= 15 is 0 Å². The number of benzene rings is 2. The maximum absolute atomic E-state index is 14.6. The fourth-order valence-corrected chi connectivity index (χ4v) is 3.96. The van der Waals surface area contributed by atoms with E-state index in [2.05, 4.69) is 33.2 Å². The summed E-state index contributed by atoms with van der Waals surface area (Å²) >= 11 is 0. The molecule has 0 fully saturated rings. The van der Waals surface area contributed by atoms with Crippen molar-refractivity contribution in [2.75, 3.05) is 32.7 Å². The first-order valence-electron chi connectivity index (χ1n) is 11.7. The molecule has 0 aliphatic rings. The molecule has 192 valence electrons. The van der Waals surface area contributed by atoms with Gasteiger partial charge in [-0.25, -0.2) is 19.2 Å². The lowest BCUT2D eigenvalue weighted by Gasteiger charge is -2.11. The topological polar surface area (TPSA) is 111 Å². The highest BCUT2D eigenvalue weighted by molar-refractivity contribution is 5.89. The van der Waals surface area contributed by atoms with Crippen LogP contribution >= 0.6 is 0 Å². The summed E-state index contributed by atoms with van der Waals surface area (Å²) in [6.45, 7) is 2.65. The molecule has 2 heterocycles. The first-order valence-corrected chi connectivity index (χ1v) is 11.7. The zero-order valence-electron chi connectivity index (χ0n) is 21.0. The van der Waals surface area contributed by atoms with Crippen molar-refractivity contribution in [1.29, 1.82) is 5.26 Å². The van der Waals surface area contributed by atoms with Crippen LogP contribution in [0.3, 0.4) is 0 Å². The third-order valence-electron chi connectivity index (χ3n) is 5.68. The lowest BCUT2D eigenvalue weighted by molar-refractivity contribution is -0.136. The fraction of sp³-hybridized carbons (Fsp3) is 0.214. The predicted octanol–water partition coefficient (Wildman–Crippen LogP) is 4.15. The van der Waals surface area contributed by atoms with Crippen molar-refractivity contribution in [1.82, 2.24) is 14.5 Å². The Bertz CT molecular complexity index is 1600. The van der Waals surface area contributed by atoms with E-state index in [9.17, 15) is 14.4 Å². The third kappa shape index (κ3) is 5.50. The summed E-state index contributed by atoms with van der Waals surface area (Å²) in [4.78, 5) is 20.2. The summed E-state index contributed by atoms with van der Waals surface area (Å²) in [5.41, 5.74) is 2.56. The summed E-state index contributed by atoms with van der Waals surface area (Å²) in [7, 11) is 3.02. The number of nitriles is 1. The van der Waals surface area contributed by atoms with E-state index in [-0.39, 0.29) is 6.61 Å². The van der Waals surface area contributed by atoms with E-state index < -0.39 is 11.8 Å². The van der Waals surface area contributed by atoms with Crippen LogP contribution in [0.4, 0.5) is 10.2 Å². The number of rotatable bonds is 8. The number of nitrogens with one attached hydrogen (secondary N) is 1. The van der Waals surface area contributed by atoms with Crippen LogP contribution in [0.15, 0.2) is 48.8 Å². The average Bonchev–Trinajstić information content (AvgIpc) is 3.32. The van der Waals surface area contributed by atoms with Crippen molar-refractivity contribution < 1.29 is 23.4 Å². The summed E-state index contributed by atoms with van der Waals surface area (Å²) < 4.78 is 31.9. The van der Waals surface area contributed by atoms with Gasteiger partial charge in [-0.05, 0) is 37.3 Å². The van der Waals surface area contributed by atoms with Gasteiger partial charge in [0.2, 0.25) is 0 Å². The van der Waals surface area contributed by atoms with Gasteiger partial charge in [0.05, 0.1) is 37.6 Å². The number of methoxy groups -OCH3 is 2. The van der Waals surface area contributed by atoms with Crippen molar-refractivity contribution in [3.05, 3.63) is 65.9 Å². The number of halogens is 1. The molecule has 0 spiro atoms. The van der Waals surface area contributed by atoms with Gasteiger partial charge in [0.15, 0.2) is 0 Å². The number of carbonyl (C=O) groups excluding carboxylic acids is 1. The van der Waals surface area contributed by atoms with Crippen LogP contribution in [0, 0.1) is 29.0 Å². The number of ether oxygens (including phenoxy) is 3. The predicted molar refractivity (Wildman–Crippen MR) is 139 cm³/mol. The summed E-state index contributed by atoms with van der Waals surface area (Å²) in [5.74, 6) is 5.67. The molecule has 0 aliphatic heterocycles. The molecule has 9 nitrogen and oxygen atoms in total. The second kappa shape index (κ2) is 11.8. The zero-order valence-corrected chi connectivity index (χ0v) is 21.0. The maximum Gasteiger partial charge on any atom is 0.384 e. The molecular formula is C28H24FN5O4. The average molecular weight is 514 g/mol. The Kier molecular flexibility index (Phi) is 8.04. The molecule has 0 bridgehead atoms. The van der Waals surface area contributed by atoms with E-state index in [1.54, 1.807) is 41.8 Å². The van der Waals surface area contributed by atoms with Crippen LogP contribution in [0.25, 0.3) is 22.2 Å². The van der Waals surface area contributed by atoms with Gasteiger partial charge in [-0.1, -0.05) is 12.0 Å². The first kappa shape index (κ1) is 26.0. The molecule has 0 unspecified atom stereocenters. The van der Waals surface area contributed by atoms with Gasteiger partial charge in [-0.3, -0.25) is 0 Å².